The van der Waals surface area contributed by atoms with Crippen molar-refractivity contribution >= 4 is 6.29 Å². The third kappa shape index (κ3) is 3.76. The van der Waals surface area contributed by atoms with Gasteiger partial charge in [0.15, 0.2) is 0 Å². The number of hydrogen-bond donors (Lipinski definition) is 1. The van der Waals surface area contributed by atoms with Gasteiger partial charge in [0.05, 0.1) is 0 Å². The Morgan fingerprint density at radius 2 is 1.71 bits per heavy atom. The Morgan fingerprint density at radius 3 is 2.53 bits per heavy atom. The molecule has 3 nitrogen and oxygen atoms in total. The summed E-state index contributed by atoms with van der Waals surface area (Å²) in [5.74, 6) is 1.54. The lowest BCUT2D eigenvalue weighted by atomic mass is 9.60. The molecule has 1 unspecified atom stereocenters. The van der Waals surface area contributed by atoms with E-state index in [-0.39, 0.29) is 11.3 Å². The zero-order valence-corrected chi connectivity index (χ0v) is 20.5. The highest BCUT2D eigenvalue weighted by Crippen LogP contribution is 2.50. The maximum Gasteiger partial charge on any atom is 0.125 e. The summed E-state index contributed by atoms with van der Waals surface area (Å²) in [6, 6.07) is 21.4. The van der Waals surface area contributed by atoms with Crippen molar-refractivity contribution in [2.75, 3.05) is 19.6 Å². The number of likely N-dealkylation sites (tertiary alicyclic amines) is 1. The number of nitrogens with one attached hydrogen (secondary N) is 1. The maximum atomic E-state index is 12.5. The first-order valence-electron chi connectivity index (χ1n) is 13.9. The number of carbonyl (C=O) groups is 1. The standard InChI is InChI=1S/C31H40N2O/c34-21-27-20-32-22-31(27)28-14-8-7-11-24(28)15-16-30(31)33-18-17-26(23-9-3-1-4-10-23)19-29(33)25-12-5-2-6-13-25/h1,3-4,7-11,14,21,25-27,29-30,32H,2,5-6,12-13,15-20,22H2/t26-,27+,29+,30?,31-/m1/s1. The zero-order chi connectivity index (χ0) is 23.0. The molecule has 2 aromatic rings. The number of aryl methyl sites for hydroxylation is 1. The van der Waals surface area contributed by atoms with Gasteiger partial charge in [-0.2, -0.15) is 0 Å². The second kappa shape index (κ2) is 9.59. The summed E-state index contributed by atoms with van der Waals surface area (Å²) < 4.78 is 0. The van der Waals surface area contributed by atoms with Gasteiger partial charge < -0.3 is 10.1 Å². The van der Waals surface area contributed by atoms with E-state index in [1.165, 1.54) is 80.9 Å². The third-order valence-corrected chi connectivity index (χ3v) is 9.96. The molecule has 3 heteroatoms. The van der Waals surface area contributed by atoms with E-state index in [0.717, 1.165) is 25.4 Å². The van der Waals surface area contributed by atoms with E-state index in [2.05, 4.69) is 64.8 Å². The van der Waals surface area contributed by atoms with Crippen LogP contribution in [0.5, 0.6) is 0 Å². The number of rotatable bonds is 4. The fraction of sp³-hybridized carbons (Fsp3) is 0.581. The van der Waals surface area contributed by atoms with Crippen LogP contribution in [0, 0.1) is 11.8 Å². The molecule has 0 radical (unpaired) electrons. The molecule has 2 aliphatic carbocycles. The smallest absolute Gasteiger partial charge is 0.125 e. The molecular weight excluding hydrogens is 416 g/mol. The van der Waals surface area contributed by atoms with Crippen molar-refractivity contribution < 1.29 is 4.79 Å². The van der Waals surface area contributed by atoms with Crippen LogP contribution in [0.25, 0.3) is 0 Å². The number of carbonyl (C=O) groups excluding carboxylic acids is 1. The van der Waals surface area contributed by atoms with Gasteiger partial charge in [-0.15, -0.1) is 0 Å². The van der Waals surface area contributed by atoms with Crippen LogP contribution in [0.2, 0.25) is 0 Å². The van der Waals surface area contributed by atoms with Crippen LogP contribution in [-0.4, -0.2) is 42.9 Å². The molecule has 1 N–H and O–H groups in total. The largest absolute Gasteiger partial charge is 0.315 e. The van der Waals surface area contributed by atoms with Gasteiger partial charge in [-0.05, 0) is 73.6 Å². The van der Waals surface area contributed by atoms with Crippen LogP contribution in [0.4, 0.5) is 0 Å². The normalized spacial score (nSPS) is 34.7. The van der Waals surface area contributed by atoms with E-state index in [1.807, 2.05) is 0 Å². The lowest BCUT2D eigenvalue weighted by Crippen LogP contribution is -2.62. The number of piperidine rings is 1. The fourth-order valence-corrected chi connectivity index (χ4v) is 8.37. The van der Waals surface area contributed by atoms with Gasteiger partial charge in [0.2, 0.25) is 0 Å². The van der Waals surface area contributed by atoms with Crippen molar-refractivity contribution in [1.82, 2.24) is 10.2 Å². The molecule has 0 bridgehead atoms. The highest BCUT2D eigenvalue weighted by atomic mass is 16.1. The minimum Gasteiger partial charge on any atom is -0.315 e. The molecule has 0 aromatic heterocycles. The SMILES string of the molecule is O=C[C@@H]1CNC[C@]12c1ccccc1CCC2N1CC[C@@H](c2ccccc2)C[C@H]1C1CCCCC1. The Balaban J connectivity index is 1.38. The molecule has 6 rings (SSSR count). The number of aldehydes is 1. The summed E-state index contributed by atoms with van der Waals surface area (Å²) in [5.41, 5.74) is 4.38. The van der Waals surface area contributed by atoms with E-state index in [4.69, 9.17) is 0 Å². The van der Waals surface area contributed by atoms with Gasteiger partial charge in [0, 0.05) is 36.5 Å². The molecule has 2 aliphatic heterocycles. The number of benzene rings is 2. The number of nitrogens with zero attached hydrogens (tertiary/aromatic N) is 1. The van der Waals surface area contributed by atoms with Gasteiger partial charge in [-0.1, -0.05) is 73.9 Å². The minimum absolute atomic E-state index is 0.0674. The van der Waals surface area contributed by atoms with E-state index in [1.54, 1.807) is 0 Å². The van der Waals surface area contributed by atoms with Crippen molar-refractivity contribution in [1.29, 1.82) is 0 Å². The summed E-state index contributed by atoms with van der Waals surface area (Å²) in [6.07, 6.45) is 13.1. The van der Waals surface area contributed by atoms with Crippen LogP contribution in [-0.2, 0) is 16.6 Å². The van der Waals surface area contributed by atoms with Gasteiger partial charge in [-0.3, -0.25) is 4.90 Å². The highest BCUT2D eigenvalue weighted by molar-refractivity contribution is 5.62. The molecular formula is C31H40N2O. The summed E-state index contributed by atoms with van der Waals surface area (Å²) in [6.45, 7) is 2.93. The topological polar surface area (TPSA) is 32.3 Å². The van der Waals surface area contributed by atoms with E-state index < -0.39 is 0 Å². The van der Waals surface area contributed by atoms with Crippen LogP contribution < -0.4 is 5.32 Å². The van der Waals surface area contributed by atoms with Gasteiger partial charge >= 0.3 is 0 Å². The Hall–Kier alpha value is -1.97. The summed E-state index contributed by atoms with van der Waals surface area (Å²) in [5, 5.41) is 3.66. The van der Waals surface area contributed by atoms with Crippen LogP contribution in [0.1, 0.15) is 74.0 Å². The summed E-state index contributed by atoms with van der Waals surface area (Å²) >= 11 is 0. The summed E-state index contributed by atoms with van der Waals surface area (Å²) in [4.78, 5) is 15.4. The van der Waals surface area contributed by atoms with Gasteiger partial charge in [0.25, 0.3) is 0 Å². The highest BCUT2D eigenvalue weighted by Gasteiger charge is 2.56. The van der Waals surface area contributed by atoms with Crippen LogP contribution >= 0.6 is 0 Å². The van der Waals surface area contributed by atoms with Crippen molar-refractivity contribution in [3.8, 4) is 0 Å². The Labute approximate surface area is 205 Å². The fourth-order valence-electron chi connectivity index (χ4n) is 8.37. The van der Waals surface area contributed by atoms with Crippen molar-refractivity contribution in [3.05, 3.63) is 71.3 Å². The molecule has 2 aromatic carbocycles. The minimum atomic E-state index is -0.0803. The first-order chi connectivity index (χ1) is 16.8. The molecule has 180 valence electrons. The van der Waals surface area contributed by atoms with E-state index in [9.17, 15) is 4.79 Å². The van der Waals surface area contributed by atoms with Crippen molar-refractivity contribution in [2.45, 2.75) is 81.2 Å². The predicted molar refractivity (Wildman–Crippen MR) is 138 cm³/mol. The van der Waals surface area contributed by atoms with Crippen molar-refractivity contribution in [3.63, 3.8) is 0 Å². The van der Waals surface area contributed by atoms with Crippen LogP contribution in [0.3, 0.4) is 0 Å². The second-order valence-electron chi connectivity index (χ2n) is 11.5. The summed E-state index contributed by atoms with van der Waals surface area (Å²) in [7, 11) is 0. The lowest BCUT2D eigenvalue weighted by Gasteiger charge is -2.56. The number of hydrogen-bond acceptors (Lipinski definition) is 3. The van der Waals surface area contributed by atoms with Crippen molar-refractivity contribution in [2.24, 2.45) is 11.8 Å². The number of fused-ring (bicyclic) bond motifs is 2. The van der Waals surface area contributed by atoms with Gasteiger partial charge in [-0.25, -0.2) is 0 Å². The molecule has 1 saturated carbocycles. The third-order valence-electron chi connectivity index (χ3n) is 9.96. The first-order valence-corrected chi connectivity index (χ1v) is 13.9. The molecule has 3 fully saturated rings. The van der Waals surface area contributed by atoms with E-state index in [0.29, 0.717) is 18.0 Å². The maximum absolute atomic E-state index is 12.5. The lowest BCUT2D eigenvalue weighted by molar-refractivity contribution is -0.114. The van der Waals surface area contributed by atoms with E-state index >= 15 is 0 Å². The quantitative estimate of drug-likeness (QED) is 0.618. The molecule has 4 aliphatic rings. The first kappa shape index (κ1) is 22.5. The Bertz CT molecular complexity index is 984. The monoisotopic (exact) mass is 456 g/mol. The Morgan fingerprint density at radius 1 is 0.912 bits per heavy atom. The predicted octanol–water partition coefficient (Wildman–Crippen LogP) is 5.49. The molecule has 2 heterocycles. The molecule has 5 atom stereocenters. The molecule has 0 amide bonds. The molecule has 34 heavy (non-hydrogen) atoms. The van der Waals surface area contributed by atoms with Gasteiger partial charge in [0.1, 0.15) is 6.29 Å². The average Bonchev–Trinajstić information content (AvgIpc) is 3.34. The average molecular weight is 457 g/mol. The van der Waals surface area contributed by atoms with Crippen LogP contribution in [0.15, 0.2) is 54.6 Å². The molecule has 2 saturated heterocycles. The zero-order valence-electron chi connectivity index (χ0n) is 20.5. The second-order valence-corrected chi connectivity index (χ2v) is 11.5. The Kier molecular flexibility index (Phi) is 6.34. The molecule has 1 spiro atoms.